The van der Waals surface area contributed by atoms with Crippen molar-refractivity contribution in [2.45, 2.75) is 11.8 Å². The summed E-state index contributed by atoms with van der Waals surface area (Å²) in [5.74, 6) is -0.381. The molecule has 0 atom stereocenters. The highest BCUT2D eigenvalue weighted by Gasteiger charge is 2.18. The van der Waals surface area contributed by atoms with Gasteiger partial charge in [-0.15, -0.1) is 11.3 Å². The molecule has 1 aromatic heterocycles. The Morgan fingerprint density at radius 2 is 2.21 bits per heavy atom. The maximum absolute atomic E-state index is 11.0. The monoisotopic (exact) mass is 254 g/mol. The first kappa shape index (κ1) is 11.4. The third-order valence-corrected chi connectivity index (χ3v) is 3.51. The SMILES string of the molecule is CC(=O)Nc1sc(Cl)cc1S(N)(=O)=O. The number of hydrogen-bond donors (Lipinski definition) is 2. The minimum Gasteiger partial charge on any atom is -0.317 e. The Bertz CT molecular complexity index is 465. The molecule has 0 saturated heterocycles. The molecule has 5 nitrogen and oxygen atoms in total. The van der Waals surface area contributed by atoms with E-state index in [-0.39, 0.29) is 20.1 Å². The molecule has 78 valence electrons. The highest BCUT2D eigenvalue weighted by molar-refractivity contribution is 7.89. The fraction of sp³-hybridized carbons (Fsp3) is 0.167. The molecule has 0 spiro atoms. The summed E-state index contributed by atoms with van der Waals surface area (Å²) in [6.07, 6.45) is 0. The molecule has 1 rings (SSSR count). The molecule has 0 aromatic carbocycles. The van der Waals surface area contributed by atoms with Crippen molar-refractivity contribution in [2.75, 3.05) is 5.32 Å². The zero-order chi connectivity index (χ0) is 10.9. The summed E-state index contributed by atoms with van der Waals surface area (Å²) in [7, 11) is -3.85. The quantitative estimate of drug-likeness (QED) is 0.825. The van der Waals surface area contributed by atoms with Gasteiger partial charge in [-0.3, -0.25) is 4.79 Å². The number of amides is 1. The summed E-state index contributed by atoms with van der Waals surface area (Å²) in [4.78, 5) is 10.6. The molecule has 14 heavy (non-hydrogen) atoms. The predicted molar refractivity (Wildman–Crippen MR) is 55.0 cm³/mol. The van der Waals surface area contributed by atoms with Crippen LogP contribution in [0.1, 0.15) is 6.92 Å². The standard InChI is InChI=1S/C6H7ClN2O3S2/c1-3(10)9-6-4(14(8,11)12)2-5(7)13-6/h2H,1H3,(H,9,10)(H2,8,11,12). The molecule has 0 saturated carbocycles. The first-order valence-electron chi connectivity index (χ1n) is 3.40. The zero-order valence-corrected chi connectivity index (χ0v) is 9.46. The Kier molecular flexibility index (Phi) is 3.15. The van der Waals surface area contributed by atoms with Gasteiger partial charge in [0.15, 0.2) is 0 Å². The Balaban J connectivity index is 3.23. The lowest BCUT2D eigenvalue weighted by molar-refractivity contribution is -0.114. The van der Waals surface area contributed by atoms with Crippen LogP contribution in [0.15, 0.2) is 11.0 Å². The van der Waals surface area contributed by atoms with E-state index in [1.807, 2.05) is 0 Å². The van der Waals surface area contributed by atoms with Crippen LogP contribution in [-0.4, -0.2) is 14.3 Å². The van der Waals surface area contributed by atoms with E-state index in [2.05, 4.69) is 5.32 Å². The molecule has 0 aliphatic heterocycles. The Labute approximate surface area is 89.9 Å². The Morgan fingerprint density at radius 3 is 2.64 bits per heavy atom. The molecule has 1 heterocycles. The van der Waals surface area contributed by atoms with Crippen LogP contribution < -0.4 is 10.5 Å². The van der Waals surface area contributed by atoms with E-state index < -0.39 is 10.0 Å². The van der Waals surface area contributed by atoms with Crippen molar-refractivity contribution >= 4 is 43.9 Å². The van der Waals surface area contributed by atoms with Gasteiger partial charge in [0.2, 0.25) is 15.9 Å². The van der Waals surface area contributed by atoms with Gasteiger partial charge in [-0.05, 0) is 6.07 Å². The number of carbonyl (C=O) groups is 1. The molecule has 0 radical (unpaired) electrons. The normalized spacial score (nSPS) is 11.4. The van der Waals surface area contributed by atoms with Crippen molar-refractivity contribution in [3.05, 3.63) is 10.4 Å². The van der Waals surface area contributed by atoms with Gasteiger partial charge in [0.1, 0.15) is 9.90 Å². The zero-order valence-electron chi connectivity index (χ0n) is 7.07. The highest BCUT2D eigenvalue weighted by Crippen LogP contribution is 2.34. The van der Waals surface area contributed by atoms with Crippen LogP contribution in [0.3, 0.4) is 0 Å². The lowest BCUT2D eigenvalue weighted by atomic mass is 10.6. The van der Waals surface area contributed by atoms with Crippen LogP contribution in [-0.2, 0) is 14.8 Å². The van der Waals surface area contributed by atoms with E-state index in [0.717, 1.165) is 11.3 Å². The van der Waals surface area contributed by atoms with E-state index in [1.165, 1.54) is 13.0 Å². The van der Waals surface area contributed by atoms with Gasteiger partial charge in [0.05, 0.1) is 4.34 Å². The number of anilines is 1. The van der Waals surface area contributed by atoms with E-state index in [1.54, 1.807) is 0 Å². The summed E-state index contributed by atoms with van der Waals surface area (Å²) < 4.78 is 22.3. The summed E-state index contributed by atoms with van der Waals surface area (Å²) in [5.41, 5.74) is 0. The molecule has 0 aliphatic rings. The molecule has 3 N–H and O–H groups in total. The van der Waals surface area contributed by atoms with Crippen molar-refractivity contribution in [3.63, 3.8) is 0 Å². The third kappa shape index (κ3) is 2.68. The second-order valence-electron chi connectivity index (χ2n) is 2.47. The fourth-order valence-electron chi connectivity index (χ4n) is 0.804. The Morgan fingerprint density at radius 1 is 1.64 bits per heavy atom. The number of primary sulfonamides is 1. The largest absolute Gasteiger partial charge is 0.317 e. The second-order valence-corrected chi connectivity index (χ2v) is 5.68. The number of hydrogen-bond acceptors (Lipinski definition) is 4. The maximum atomic E-state index is 11.0. The second kappa shape index (κ2) is 3.85. The van der Waals surface area contributed by atoms with E-state index in [0.29, 0.717) is 0 Å². The predicted octanol–water partition coefficient (Wildman–Crippen LogP) is 1.01. The van der Waals surface area contributed by atoms with Gasteiger partial charge in [0, 0.05) is 6.92 Å². The molecule has 0 unspecified atom stereocenters. The van der Waals surface area contributed by atoms with Crippen LogP contribution >= 0.6 is 22.9 Å². The van der Waals surface area contributed by atoms with Gasteiger partial charge in [-0.2, -0.15) is 0 Å². The van der Waals surface area contributed by atoms with Crippen LogP contribution in [0.25, 0.3) is 0 Å². The minimum atomic E-state index is -3.85. The van der Waals surface area contributed by atoms with E-state index in [9.17, 15) is 13.2 Å². The summed E-state index contributed by atoms with van der Waals surface area (Å²) in [6.45, 7) is 1.26. The van der Waals surface area contributed by atoms with Gasteiger partial charge in [-0.25, -0.2) is 13.6 Å². The highest BCUT2D eigenvalue weighted by atomic mass is 35.5. The first-order valence-corrected chi connectivity index (χ1v) is 6.14. The van der Waals surface area contributed by atoms with Gasteiger partial charge >= 0.3 is 0 Å². The van der Waals surface area contributed by atoms with Crippen LogP contribution in [0.2, 0.25) is 4.34 Å². The lowest BCUT2D eigenvalue weighted by Gasteiger charge is -2.00. The van der Waals surface area contributed by atoms with Crippen molar-refractivity contribution in [1.82, 2.24) is 0 Å². The van der Waals surface area contributed by atoms with E-state index in [4.69, 9.17) is 16.7 Å². The van der Waals surface area contributed by atoms with Gasteiger partial charge in [0.25, 0.3) is 0 Å². The number of carbonyl (C=O) groups excluding carboxylic acids is 1. The third-order valence-electron chi connectivity index (χ3n) is 1.26. The maximum Gasteiger partial charge on any atom is 0.241 e. The molecule has 1 amide bonds. The number of rotatable bonds is 2. The number of thiophene rings is 1. The molecule has 0 aliphatic carbocycles. The molecule has 8 heteroatoms. The van der Waals surface area contributed by atoms with Crippen molar-refractivity contribution in [3.8, 4) is 0 Å². The Hall–Kier alpha value is -0.630. The number of nitrogens with two attached hydrogens (primary N) is 1. The average molecular weight is 255 g/mol. The molecule has 0 fully saturated rings. The summed E-state index contributed by atoms with van der Waals surface area (Å²) in [6, 6.07) is 1.20. The van der Waals surface area contributed by atoms with Crippen LogP contribution in [0, 0.1) is 0 Å². The lowest BCUT2D eigenvalue weighted by Crippen LogP contribution is -2.14. The topological polar surface area (TPSA) is 89.3 Å². The smallest absolute Gasteiger partial charge is 0.241 e. The number of sulfonamides is 1. The van der Waals surface area contributed by atoms with Crippen LogP contribution in [0.5, 0.6) is 0 Å². The fourth-order valence-corrected chi connectivity index (χ4v) is 3.08. The van der Waals surface area contributed by atoms with Crippen molar-refractivity contribution < 1.29 is 13.2 Å². The van der Waals surface area contributed by atoms with E-state index >= 15 is 0 Å². The average Bonchev–Trinajstić information content (AvgIpc) is 2.28. The molecular weight excluding hydrogens is 248 g/mol. The summed E-state index contributed by atoms with van der Waals surface area (Å²) in [5, 5.41) is 7.40. The molecule has 0 bridgehead atoms. The number of nitrogens with one attached hydrogen (secondary N) is 1. The number of halogens is 1. The van der Waals surface area contributed by atoms with Gasteiger partial charge in [-0.1, -0.05) is 11.6 Å². The first-order chi connectivity index (χ1) is 6.30. The van der Waals surface area contributed by atoms with Crippen molar-refractivity contribution in [2.24, 2.45) is 5.14 Å². The van der Waals surface area contributed by atoms with Crippen molar-refractivity contribution in [1.29, 1.82) is 0 Å². The molecule has 1 aromatic rings. The molecular formula is C6H7ClN2O3S2. The van der Waals surface area contributed by atoms with Gasteiger partial charge < -0.3 is 5.32 Å². The minimum absolute atomic E-state index is 0.144. The van der Waals surface area contributed by atoms with Crippen LogP contribution in [0.4, 0.5) is 5.00 Å². The summed E-state index contributed by atoms with van der Waals surface area (Å²) >= 11 is 6.55.